The lowest BCUT2D eigenvalue weighted by molar-refractivity contribution is -0.156. The van der Waals surface area contributed by atoms with E-state index in [1.54, 1.807) is 28.4 Å². The molecule has 2 atom stereocenters. The van der Waals surface area contributed by atoms with Crippen molar-refractivity contribution in [3.05, 3.63) is 0 Å². The van der Waals surface area contributed by atoms with Crippen LogP contribution in [-0.4, -0.2) is 92.6 Å². The standard InChI is InChI=1S/C20H40N2O10Si2/c1-29-33(5,30-2)11-7-9-21-17(23)13-15(19(25)26)16(20(27)28)14-18(24)22-10-8-12-34(6,31-3)32-4/h15-16H,7-14H2,1-6H3,(H,21,23)(H,22,24)(H,25,26)(H,27,28). The molecule has 0 spiro atoms. The second-order valence-corrected chi connectivity index (χ2v) is 15.5. The van der Waals surface area contributed by atoms with Crippen molar-refractivity contribution in [1.82, 2.24) is 10.6 Å². The van der Waals surface area contributed by atoms with Gasteiger partial charge in [-0.15, -0.1) is 0 Å². The second kappa shape index (κ2) is 15.9. The van der Waals surface area contributed by atoms with Crippen LogP contribution in [0.5, 0.6) is 0 Å². The summed E-state index contributed by atoms with van der Waals surface area (Å²) in [7, 11) is 1.69. The number of carbonyl (C=O) groups excluding carboxylic acids is 2. The van der Waals surface area contributed by atoms with E-state index in [4.69, 9.17) is 17.7 Å². The first-order valence-corrected chi connectivity index (χ1v) is 16.1. The van der Waals surface area contributed by atoms with Crippen molar-refractivity contribution in [1.29, 1.82) is 0 Å². The van der Waals surface area contributed by atoms with Crippen molar-refractivity contribution >= 4 is 40.9 Å². The normalized spacial score (nSPS) is 13.7. The van der Waals surface area contributed by atoms with Gasteiger partial charge in [-0.1, -0.05) is 0 Å². The minimum Gasteiger partial charge on any atom is -0.481 e. The Kier molecular flexibility index (Phi) is 15.1. The lowest BCUT2D eigenvalue weighted by Gasteiger charge is -2.23. The van der Waals surface area contributed by atoms with Crippen LogP contribution in [0.15, 0.2) is 0 Å². The number of aliphatic carboxylic acids is 2. The number of carbonyl (C=O) groups is 4. The highest BCUT2D eigenvalue weighted by molar-refractivity contribution is 6.66. The van der Waals surface area contributed by atoms with Gasteiger partial charge in [-0.25, -0.2) is 0 Å². The van der Waals surface area contributed by atoms with Gasteiger partial charge >= 0.3 is 29.1 Å². The van der Waals surface area contributed by atoms with Crippen LogP contribution in [0.2, 0.25) is 25.2 Å². The van der Waals surface area contributed by atoms with Gasteiger partial charge in [0.1, 0.15) is 0 Å². The Labute approximate surface area is 203 Å². The summed E-state index contributed by atoms with van der Waals surface area (Å²) in [5.74, 6) is -7.18. The van der Waals surface area contributed by atoms with Gasteiger partial charge in [0, 0.05) is 54.4 Å². The molecule has 0 aromatic heterocycles. The van der Waals surface area contributed by atoms with Gasteiger partial charge in [0.2, 0.25) is 11.8 Å². The fraction of sp³-hybridized carbons (Fsp3) is 0.800. The van der Waals surface area contributed by atoms with E-state index in [0.29, 0.717) is 24.9 Å². The van der Waals surface area contributed by atoms with E-state index in [0.717, 1.165) is 0 Å². The largest absolute Gasteiger partial charge is 0.481 e. The molecule has 14 heteroatoms. The maximum absolute atomic E-state index is 12.3. The average molecular weight is 525 g/mol. The third-order valence-corrected chi connectivity index (χ3v) is 11.9. The van der Waals surface area contributed by atoms with Gasteiger partial charge in [0.15, 0.2) is 0 Å². The summed E-state index contributed by atoms with van der Waals surface area (Å²) >= 11 is 0. The van der Waals surface area contributed by atoms with E-state index in [9.17, 15) is 29.4 Å². The molecule has 2 amide bonds. The summed E-state index contributed by atoms with van der Waals surface area (Å²) in [5.41, 5.74) is 0. The molecule has 0 bridgehead atoms. The third-order valence-electron chi connectivity index (χ3n) is 5.92. The summed E-state index contributed by atoms with van der Waals surface area (Å²) in [6, 6.07) is 1.24. The average Bonchev–Trinajstić information content (AvgIpc) is 2.81. The van der Waals surface area contributed by atoms with E-state index in [2.05, 4.69) is 10.6 Å². The Hall–Kier alpha value is -1.85. The predicted octanol–water partition coefficient (Wildman–Crippen LogP) is 0.910. The number of rotatable bonds is 19. The van der Waals surface area contributed by atoms with Crippen molar-refractivity contribution in [2.75, 3.05) is 41.5 Å². The molecule has 198 valence electrons. The summed E-state index contributed by atoms with van der Waals surface area (Å²) in [5, 5.41) is 24.3. The molecule has 0 aliphatic rings. The fourth-order valence-electron chi connectivity index (χ4n) is 3.20. The summed E-state index contributed by atoms with van der Waals surface area (Å²) in [4.78, 5) is 47.9. The van der Waals surface area contributed by atoms with Crippen LogP contribution in [-0.2, 0) is 36.9 Å². The van der Waals surface area contributed by atoms with Gasteiger partial charge < -0.3 is 38.6 Å². The first kappa shape index (κ1) is 32.2. The molecule has 0 rings (SSSR count). The molecule has 0 aliphatic heterocycles. The predicted molar refractivity (Wildman–Crippen MR) is 128 cm³/mol. The van der Waals surface area contributed by atoms with Crippen LogP contribution < -0.4 is 10.6 Å². The van der Waals surface area contributed by atoms with Crippen LogP contribution in [0.25, 0.3) is 0 Å². The fourth-order valence-corrected chi connectivity index (χ4v) is 5.98. The Morgan fingerprint density at radius 1 is 0.676 bits per heavy atom. The molecule has 0 radical (unpaired) electrons. The van der Waals surface area contributed by atoms with Crippen LogP contribution in [0, 0.1) is 11.8 Å². The Morgan fingerprint density at radius 3 is 1.21 bits per heavy atom. The van der Waals surface area contributed by atoms with Crippen molar-refractivity contribution < 1.29 is 47.1 Å². The maximum atomic E-state index is 12.3. The van der Waals surface area contributed by atoms with Gasteiger partial charge in [0.05, 0.1) is 11.8 Å². The molecule has 0 fully saturated rings. The lowest BCUT2D eigenvalue weighted by atomic mass is 9.86. The lowest BCUT2D eigenvalue weighted by Crippen LogP contribution is -2.40. The minimum absolute atomic E-state index is 0.268. The maximum Gasteiger partial charge on any atom is 0.334 e. The summed E-state index contributed by atoms with van der Waals surface area (Å²) in [6.45, 7) is 4.30. The quantitative estimate of drug-likeness (QED) is 0.141. The zero-order valence-corrected chi connectivity index (χ0v) is 23.0. The Balaban J connectivity index is 4.78. The first-order chi connectivity index (χ1) is 15.9. The van der Waals surface area contributed by atoms with Gasteiger partial charge in [0.25, 0.3) is 0 Å². The second-order valence-electron chi connectivity index (χ2n) is 8.29. The monoisotopic (exact) mass is 524 g/mol. The van der Waals surface area contributed by atoms with E-state index in [-0.39, 0.29) is 13.1 Å². The molecule has 0 heterocycles. The van der Waals surface area contributed by atoms with Crippen molar-refractivity contribution in [3.63, 3.8) is 0 Å². The molecule has 4 N–H and O–H groups in total. The summed E-state index contributed by atoms with van der Waals surface area (Å²) in [6.07, 6.45) is 0.0301. The van der Waals surface area contributed by atoms with Crippen molar-refractivity contribution in [2.24, 2.45) is 11.8 Å². The van der Waals surface area contributed by atoms with Crippen LogP contribution in [0.3, 0.4) is 0 Å². The minimum atomic E-state index is -2.28. The molecule has 0 aliphatic carbocycles. The molecule has 0 aromatic carbocycles. The highest BCUT2D eigenvalue weighted by Gasteiger charge is 2.37. The summed E-state index contributed by atoms with van der Waals surface area (Å²) < 4.78 is 21.4. The third kappa shape index (κ3) is 12.0. The van der Waals surface area contributed by atoms with Gasteiger partial charge in [-0.2, -0.15) is 0 Å². The van der Waals surface area contributed by atoms with Crippen LogP contribution in [0.4, 0.5) is 0 Å². The van der Waals surface area contributed by atoms with E-state index < -0.39 is 65.6 Å². The molecule has 0 saturated heterocycles. The number of hydrogen-bond acceptors (Lipinski definition) is 8. The molecule has 0 aromatic rings. The molecule has 0 saturated carbocycles. The zero-order chi connectivity index (χ0) is 26.4. The van der Waals surface area contributed by atoms with E-state index >= 15 is 0 Å². The highest BCUT2D eigenvalue weighted by atomic mass is 28.4. The van der Waals surface area contributed by atoms with Gasteiger partial charge in [-0.3, -0.25) is 19.2 Å². The highest BCUT2D eigenvalue weighted by Crippen LogP contribution is 2.21. The number of hydrogen-bond donors (Lipinski definition) is 4. The topological polar surface area (TPSA) is 170 Å². The number of nitrogens with one attached hydrogen (secondary N) is 2. The number of amides is 2. The van der Waals surface area contributed by atoms with E-state index in [1.165, 1.54) is 0 Å². The molecule has 12 nitrogen and oxygen atoms in total. The molecule has 2 unspecified atom stereocenters. The Bertz CT molecular complexity index is 616. The Morgan fingerprint density at radius 2 is 0.971 bits per heavy atom. The molecular formula is C20H40N2O10Si2. The zero-order valence-electron chi connectivity index (χ0n) is 21.0. The smallest absolute Gasteiger partial charge is 0.334 e. The number of carboxylic acids is 2. The van der Waals surface area contributed by atoms with E-state index in [1.807, 2.05) is 13.1 Å². The number of carboxylic acid groups (broad SMARTS) is 2. The van der Waals surface area contributed by atoms with Crippen LogP contribution >= 0.6 is 0 Å². The molecular weight excluding hydrogens is 484 g/mol. The first-order valence-electron chi connectivity index (χ1n) is 11.1. The van der Waals surface area contributed by atoms with Crippen molar-refractivity contribution in [2.45, 2.75) is 50.9 Å². The molecule has 34 heavy (non-hydrogen) atoms. The van der Waals surface area contributed by atoms with Crippen LogP contribution in [0.1, 0.15) is 25.7 Å². The van der Waals surface area contributed by atoms with Gasteiger partial charge in [-0.05, 0) is 38.0 Å². The SMILES string of the molecule is CO[Si](C)(CCCNC(=O)CC(C(=O)O)C(CC(=O)NCCC[Si](C)(OC)OC)C(=O)O)OC. The van der Waals surface area contributed by atoms with Crippen molar-refractivity contribution in [3.8, 4) is 0 Å².